The third-order valence-corrected chi connectivity index (χ3v) is 3.18. The van der Waals surface area contributed by atoms with Crippen molar-refractivity contribution in [2.24, 2.45) is 11.8 Å². The summed E-state index contributed by atoms with van der Waals surface area (Å²) in [5.74, 6) is 1.41. The molecule has 0 aromatic rings. The van der Waals surface area contributed by atoms with Gasteiger partial charge in [0.2, 0.25) is 0 Å². The zero-order chi connectivity index (χ0) is 12.1. The molecule has 2 atom stereocenters. The van der Waals surface area contributed by atoms with Gasteiger partial charge in [-0.3, -0.25) is 4.90 Å². The van der Waals surface area contributed by atoms with E-state index in [0.29, 0.717) is 18.0 Å². The highest BCUT2D eigenvalue weighted by Gasteiger charge is 2.27. The van der Waals surface area contributed by atoms with E-state index in [0.717, 1.165) is 25.6 Å². The van der Waals surface area contributed by atoms with Gasteiger partial charge < -0.3 is 10.4 Å². The van der Waals surface area contributed by atoms with Crippen LogP contribution in [0, 0.1) is 11.8 Å². The van der Waals surface area contributed by atoms with E-state index in [1.54, 1.807) is 0 Å². The van der Waals surface area contributed by atoms with Gasteiger partial charge in [-0.15, -0.1) is 0 Å². The maximum Gasteiger partial charge on any atom is 0.0599 e. The molecule has 0 bridgehead atoms. The van der Waals surface area contributed by atoms with E-state index in [-0.39, 0.29) is 6.61 Å². The van der Waals surface area contributed by atoms with Crippen molar-refractivity contribution < 1.29 is 5.11 Å². The molecule has 1 aliphatic heterocycles. The molecular formula is C13H28N2O. The third kappa shape index (κ3) is 4.40. The average molecular weight is 228 g/mol. The second-order valence-electron chi connectivity index (χ2n) is 5.92. The predicted molar refractivity (Wildman–Crippen MR) is 68.5 cm³/mol. The molecule has 3 nitrogen and oxygen atoms in total. The lowest BCUT2D eigenvalue weighted by molar-refractivity contribution is 0.0669. The summed E-state index contributed by atoms with van der Waals surface area (Å²) in [6, 6.07) is 0.910. The molecule has 1 saturated heterocycles. The van der Waals surface area contributed by atoms with Crippen LogP contribution in [-0.4, -0.2) is 48.3 Å². The quantitative estimate of drug-likeness (QED) is 0.745. The normalized spacial score (nSPS) is 27.9. The molecule has 16 heavy (non-hydrogen) atoms. The summed E-state index contributed by atoms with van der Waals surface area (Å²) < 4.78 is 0. The van der Waals surface area contributed by atoms with Gasteiger partial charge in [0.25, 0.3) is 0 Å². The van der Waals surface area contributed by atoms with Crippen molar-refractivity contribution in [1.82, 2.24) is 10.2 Å². The summed E-state index contributed by atoms with van der Waals surface area (Å²) in [5, 5.41) is 12.9. The first-order valence-corrected chi connectivity index (χ1v) is 6.61. The Labute approximate surface area is 100 Å². The van der Waals surface area contributed by atoms with E-state index in [2.05, 4.69) is 37.9 Å². The highest BCUT2D eigenvalue weighted by molar-refractivity contribution is 4.86. The van der Waals surface area contributed by atoms with Crippen LogP contribution >= 0.6 is 0 Å². The molecule has 1 rings (SSSR count). The van der Waals surface area contributed by atoms with Crippen molar-refractivity contribution >= 4 is 0 Å². The maximum absolute atomic E-state index is 9.36. The molecule has 0 aromatic heterocycles. The van der Waals surface area contributed by atoms with Gasteiger partial charge in [-0.25, -0.2) is 0 Å². The van der Waals surface area contributed by atoms with Gasteiger partial charge in [0.15, 0.2) is 0 Å². The molecule has 96 valence electrons. The van der Waals surface area contributed by atoms with E-state index in [1.807, 2.05) is 0 Å². The van der Waals surface area contributed by atoms with E-state index in [4.69, 9.17) is 0 Å². The van der Waals surface area contributed by atoms with Crippen LogP contribution in [0.4, 0.5) is 0 Å². The van der Waals surface area contributed by atoms with Crippen molar-refractivity contribution in [1.29, 1.82) is 0 Å². The van der Waals surface area contributed by atoms with Gasteiger partial charge in [0.05, 0.1) is 6.61 Å². The van der Waals surface area contributed by atoms with Crippen LogP contribution < -0.4 is 5.32 Å². The van der Waals surface area contributed by atoms with Gasteiger partial charge in [0, 0.05) is 31.7 Å². The number of nitrogens with zero attached hydrogens (tertiary/aromatic N) is 1. The molecule has 0 amide bonds. The molecule has 3 heteroatoms. The number of aliphatic hydroxyl groups excluding tert-OH is 1. The van der Waals surface area contributed by atoms with Crippen molar-refractivity contribution in [2.45, 2.75) is 46.2 Å². The number of aliphatic hydroxyl groups is 1. The molecule has 1 fully saturated rings. The summed E-state index contributed by atoms with van der Waals surface area (Å²) in [6.07, 6.45) is 1.23. The molecule has 0 saturated carbocycles. The van der Waals surface area contributed by atoms with Gasteiger partial charge >= 0.3 is 0 Å². The van der Waals surface area contributed by atoms with Crippen LogP contribution in [0.2, 0.25) is 0 Å². The lowest BCUT2D eigenvalue weighted by Gasteiger charge is -2.41. The Morgan fingerprint density at radius 2 is 1.94 bits per heavy atom. The first-order chi connectivity index (χ1) is 7.52. The predicted octanol–water partition coefficient (Wildman–Crippen LogP) is 1.32. The van der Waals surface area contributed by atoms with Gasteiger partial charge in [-0.2, -0.15) is 0 Å². The molecule has 1 aliphatic rings. The second-order valence-corrected chi connectivity index (χ2v) is 5.92. The Balaban J connectivity index is 2.47. The minimum atomic E-state index is 0.272. The summed E-state index contributed by atoms with van der Waals surface area (Å²) in [4.78, 5) is 2.45. The lowest BCUT2D eigenvalue weighted by Crippen LogP contribution is -2.58. The van der Waals surface area contributed by atoms with E-state index >= 15 is 0 Å². The lowest BCUT2D eigenvalue weighted by atomic mass is 9.99. The fourth-order valence-corrected chi connectivity index (χ4v) is 2.53. The Morgan fingerprint density at radius 3 is 2.44 bits per heavy atom. The first kappa shape index (κ1) is 13.9. The average Bonchev–Trinajstić information content (AvgIpc) is 2.16. The second kappa shape index (κ2) is 6.58. The maximum atomic E-state index is 9.36. The largest absolute Gasteiger partial charge is 0.395 e. The zero-order valence-corrected chi connectivity index (χ0v) is 11.2. The molecule has 0 aromatic carbocycles. The topological polar surface area (TPSA) is 35.5 Å². The van der Waals surface area contributed by atoms with Crippen LogP contribution in [0.3, 0.4) is 0 Å². The van der Waals surface area contributed by atoms with Crippen molar-refractivity contribution in [3.63, 3.8) is 0 Å². The standard InChI is InChI=1S/C13H28N2O/c1-10(2)5-12-8-15(7-11(3)4)13(9-16)6-14-12/h10-14,16H,5-9H2,1-4H3. The molecule has 0 aliphatic carbocycles. The highest BCUT2D eigenvalue weighted by Crippen LogP contribution is 2.14. The number of nitrogens with one attached hydrogen (secondary N) is 1. The summed E-state index contributed by atoms with van der Waals surface area (Å²) in [5.41, 5.74) is 0. The molecular weight excluding hydrogens is 200 g/mol. The van der Waals surface area contributed by atoms with Crippen molar-refractivity contribution in [2.75, 3.05) is 26.2 Å². The van der Waals surface area contributed by atoms with Crippen molar-refractivity contribution in [3.8, 4) is 0 Å². The zero-order valence-electron chi connectivity index (χ0n) is 11.2. The fourth-order valence-electron chi connectivity index (χ4n) is 2.53. The number of hydrogen-bond acceptors (Lipinski definition) is 3. The Hall–Kier alpha value is -0.120. The molecule has 1 heterocycles. The molecule has 2 N–H and O–H groups in total. The monoisotopic (exact) mass is 228 g/mol. The van der Waals surface area contributed by atoms with Gasteiger partial charge in [-0.05, 0) is 18.3 Å². The summed E-state index contributed by atoms with van der Waals surface area (Å²) in [7, 11) is 0. The Bertz CT molecular complexity index is 194. The smallest absolute Gasteiger partial charge is 0.0599 e. The number of piperazine rings is 1. The summed E-state index contributed by atoms with van der Waals surface area (Å²) >= 11 is 0. The molecule has 2 unspecified atom stereocenters. The number of hydrogen-bond donors (Lipinski definition) is 2. The van der Waals surface area contributed by atoms with Crippen LogP contribution in [-0.2, 0) is 0 Å². The van der Waals surface area contributed by atoms with E-state index < -0.39 is 0 Å². The molecule has 0 radical (unpaired) electrons. The SMILES string of the molecule is CC(C)CC1CN(CC(C)C)C(CO)CN1. The van der Waals surface area contributed by atoms with E-state index in [9.17, 15) is 5.11 Å². The fraction of sp³-hybridized carbons (Fsp3) is 1.00. The van der Waals surface area contributed by atoms with Crippen molar-refractivity contribution in [3.05, 3.63) is 0 Å². The van der Waals surface area contributed by atoms with Gasteiger partial charge in [-0.1, -0.05) is 27.7 Å². The number of rotatable bonds is 5. The van der Waals surface area contributed by atoms with Crippen LogP contribution in [0.1, 0.15) is 34.1 Å². The minimum absolute atomic E-state index is 0.272. The van der Waals surface area contributed by atoms with Crippen LogP contribution in [0.15, 0.2) is 0 Å². The van der Waals surface area contributed by atoms with Crippen LogP contribution in [0.5, 0.6) is 0 Å². The van der Waals surface area contributed by atoms with Crippen LogP contribution in [0.25, 0.3) is 0 Å². The van der Waals surface area contributed by atoms with Gasteiger partial charge in [0.1, 0.15) is 0 Å². The third-order valence-electron chi connectivity index (χ3n) is 3.18. The Morgan fingerprint density at radius 1 is 1.25 bits per heavy atom. The van der Waals surface area contributed by atoms with E-state index in [1.165, 1.54) is 6.42 Å². The minimum Gasteiger partial charge on any atom is -0.395 e. The summed E-state index contributed by atoms with van der Waals surface area (Å²) in [6.45, 7) is 12.4. The Kier molecular flexibility index (Phi) is 5.73. The molecule has 0 spiro atoms. The first-order valence-electron chi connectivity index (χ1n) is 6.61. The highest BCUT2D eigenvalue weighted by atomic mass is 16.3.